The van der Waals surface area contributed by atoms with Crippen LogP contribution >= 0.6 is 11.6 Å². The molecule has 0 bridgehead atoms. The molecular weight excluding hydrogens is 282 g/mol. The van der Waals surface area contributed by atoms with Crippen LogP contribution in [0.25, 0.3) is 11.0 Å². The van der Waals surface area contributed by atoms with Crippen molar-refractivity contribution in [1.29, 1.82) is 0 Å². The van der Waals surface area contributed by atoms with Gasteiger partial charge in [0.25, 0.3) is 0 Å². The standard InChI is InChI=1S/C18H26ClNO/c1-3-5-6-7-8-12-16(20-4-2)17-13-14-10-9-11-15(19)18(14)21-17/h9-11,13,16,20H,3-8,12H2,1-2H3. The molecule has 2 rings (SSSR count). The summed E-state index contributed by atoms with van der Waals surface area (Å²) in [5.74, 6) is 1.01. The topological polar surface area (TPSA) is 25.2 Å². The van der Waals surface area contributed by atoms with E-state index in [2.05, 4.69) is 31.3 Å². The number of furan rings is 1. The zero-order valence-electron chi connectivity index (χ0n) is 13.1. The number of hydrogen-bond donors (Lipinski definition) is 1. The fraction of sp³-hybridized carbons (Fsp3) is 0.556. The minimum atomic E-state index is 0.292. The number of unbranched alkanes of at least 4 members (excludes halogenated alkanes) is 4. The quantitative estimate of drug-likeness (QED) is 0.566. The van der Waals surface area contributed by atoms with Crippen molar-refractivity contribution in [3.05, 3.63) is 35.0 Å². The van der Waals surface area contributed by atoms with Gasteiger partial charge in [0.15, 0.2) is 5.58 Å². The monoisotopic (exact) mass is 307 g/mol. The molecule has 1 aromatic heterocycles. The highest BCUT2D eigenvalue weighted by Crippen LogP contribution is 2.31. The van der Waals surface area contributed by atoms with Crippen LogP contribution in [-0.4, -0.2) is 6.54 Å². The van der Waals surface area contributed by atoms with Crippen molar-refractivity contribution >= 4 is 22.6 Å². The fourth-order valence-electron chi connectivity index (χ4n) is 2.76. The van der Waals surface area contributed by atoms with Gasteiger partial charge in [0, 0.05) is 5.39 Å². The van der Waals surface area contributed by atoms with E-state index < -0.39 is 0 Å². The molecule has 0 amide bonds. The summed E-state index contributed by atoms with van der Waals surface area (Å²) in [7, 11) is 0. The first kappa shape index (κ1) is 16.4. The van der Waals surface area contributed by atoms with Crippen LogP contribution < -0.4 is 5.32 Å². The lowest BCUT2D eigenvalue weighted by Gasteiger charge is -2.15. The minimum Gasteiger partial charge on any atom is -0.458 e. The average Bonchev–Trinajstić information content (AvgIpc) is 2.91. The van der Waals surface area contributed by atoms with Gasteiger partial charge in [-0.15, -0.1) is 0 Å². The highest BCUT2D eigenvalue weighted by molar-refractivity contribution is 6.34. The van der Waals surface area contributed by atoms with Gasteiger partial charge in [-0.05, 0) is 25.1 Å². The van der Waals surface area contributed by atoms with Gasteiger partial charge in [-0.25, -0.2) is 0 Å². The number of halogens is 1. The van der Waals surface area contributed by atoms with E-state index in [1.807, 2.05) is 12.1 Å². The molecule has 1 aromatic carbocycles. The fourth-order valence-corrected chi connectivity index (χ4v) is 2.98. The van der Waals surface area contributed by atoms with Crippen molar-refractivity contribution in [2.75, 3.05) is 6.54 Å². The number of nitrogens with one attached hydrogen (secondary N) is 1. The molecule has 0 aliphatic carbocycles. The van der Waals surface area contributed by atoms with E-state index in [0.717, 1.165) is 29.7 Å². The SMILES string of the molecule is CCCCCCCC(NCC)c1cc2cccc(Cl)c2o1. The normalized spacial score (nSPS) is 12.9. The van der Waals surface area contributed by atoms with Gasteiger partial charge in [-0.3, -0.25) is 0 Å². The van der Waals surface area contributed by atoms with Gasteiger partial charge in [0.1, 0.15) is 5.76 Å². The molecule has 1 atom stereocenters. The van der Waals surface area contributed by atoms with Crippen LogP contribution in [0.2, 0.25) is 5.02 Å². The summed E-state index contributed by atoms with van der Waals surface area (Å²) in [6.07, 6.45) is 7.63. The Hall–Kier alpha value is -0.990. The smallest absolute Gasteiger partial charge is 0.152 e. The van der Waals surface area contributed by atoms with E-state index >= 15 is 0 Å². The zero-order chi connectivity index (χ0) is 15.1. The summed E-state index contributed by atoms with van der Waals surface area (Å²) in [6.45, 7) is 5.34. The first-order valence-electron chi connectivity index (χ1n) is 8.17. The van der Waals surface area contributed by atoms with E-state index in [1.54, 1.807) is 0 Å². The molecule has 116 valence electrons. The Kier molecular flexibility index (Phi) is 6.59. The first-order chi connectivity index (χ1) is 10.3. The summed E-state index contributed by atoms with van der Waals surface area (Å²) >= 11 is 6.20. The van der Waals surface area contributed by atoms with Gasteiger partial charge in [-0.1, -0.05) is 69.7 Å². The largest absolute Gasteiger partial charge is 0.458 e. The Morgan fingerprint density at radius 2 is 1.95 bits per heavy atom. The molecule has 0 saturated carbocycles. The predicted octanol–water partition coefficient (Wildman–Crippen LogP) is 6.10. The lowest BCUT2D eigenvalue weighted by atomic mass is 10.0. The average molecular weight is 308 g/mol. The number of fused-ring (bicyclic) bond motifs is 1. The molecule has 2 aromatic rings. The van der Waals surface area contributed by atoms with Crippen LogP contribution in [0.15, 0.2) is 28.7 Å². The van der Waals surface area contributed by atoms with E-state index in [-0.39, 0.29) is 0 Å². The second kappa shape index (κ2) is 8.45. The Balaban J connectivity index is 2.03. The van der Waals surface area contributed by atoms with Crippen LogP contribution in [-0.2, 0) is 0 Å². The third-order valence-corrected chi connectivity index (χ3v) is 4.20. The predicted molar refractivity (Wildman–Crippen MR) is 91.0 cm³/mol. The molecule has 0 spiro atoms. The molecule has 0 saturated heterocycles. The molecule has 1 N–H and O–H groups in total. The van der Waals surface area contributed by atoms with Crippen molar-refractivity contribution in [1.82, 2.24) is 5.32 Å². The zero-order valence-corrected chi connectivity index (χ0v) is 13.9. The molecule has 1 heterocycles. The minimum absolute atomic E-state index is 0.292. The molecule has 21 heavy (non-hydrogen) atoms. The second-order valence-corrected chi connectivity index (χ2v) is 6.03. The number of benzene rings is 1. The molecular formula is C18H26ClNO. The van der Waals surface area contributed by atoms with Crippen LogP contribution in [0.5, 0.6) is 0 Å². The van der Waals surface area contributed by atoms with Crippen molar-refractivity contribution in [2.45, 2.75) is 58.4 Å². The summed E-state index contributed by atoms with van der Waals surface area (Å²) in [4.78, 5) is 0. The second-order valence-electron chi connectivity index (χ2n) is 5.62. The maximum atomic E-state index is 6.20. The molecule has 0 aliphatic rings. The molecule has 3 heteroatoms. The molecule has 0 radical (unpaired) electrons. The maximum Gasteiger partial charge on any atom is 0.152 e. The van der Waals surface area contributed by atoms with Gasteiger partial charge in [0.05, 0.1) is 11.1 Å². The van der Waals surface area contributed by atoms with Gasteiger partial charge < -0.3 is 9.73 Å². The summed E-state index contributed by atoms with van der Waals surface area (Å²) in [5, 5.41) is 5.31. The molecule has 1 unspecified atom stereocenters. The third kappa shape index (κ3) is 4.49. The number of rotatable bonds is 9. The third-order valence-electron chi connectivity index (χ3n) is 3.91. The van der Waals surface area contributed by atoms with Crippen LogP contribution in [0.3, 0.4) is 0 Å². The lowest BCUT2D eigenvalue weighted by Crippen LogP contribution is -2.20. The Labute approximate surface area is 132 Å². The molecule has 2 nitrogen and oxygen atoms in total. The molecule has 0 fully saturated rings. The van der Waals surface area contributed by atoms with Crippen molar-refractivity contribution < 1.29 is 4.42 Å². The van der Waals surface area contributed by atoms with E-state index in [1.165, 1.54) is 32.1 Å². The van der Waals surface area contributed by atoms with Crippen molar-refractivity contribution in [3.8, 4) is 0 Å². The summed E-state index contributed by atoms with van der Waals surface area (Å²) in [6, 6.07) is 8.32. The molecule has 0 aliphatic heterocycles. The van der Waals surface area contributed by atoms with Crippen molar-refractivity contribution in [2.24, 2.45) is 0 Å². The Bertz CT molecular complexity index is 549. The maximum absolute atomic E-state index is 6.20. The van der Waals surface area contributed by atoms with Crippen molar-refractivity contribution in [3.63, 3.8) is 0 Å². The summed E-state index contributed by atoms with van der Waals surface area (Å²) < 4.78 is 6.00. The first-order valence-corrected chi connectivity index (χ1v) is 8.55. The van der Waals surface area contributed by atoms with E-state index in [0.29, 0.717) is 11.1 Å². The van der Waals surface area contributed by atoms with E-state index in [4.69, 9.17) is 16.0 Å². The lowest BCUT2D eigenvalue weighted by molar-refractivity contribution is 0.403. The van der Waals surface area contributed by atoms with Gasteiger partial charge in [-0.2, -0.15) is 0 Å². The Morgan fingerprint density at radius 3 is 2.67 bits per heavy atom. The van der Waals surface area contributed by atoms with Crippen LogP contribution in [0.1, 0.15) is 64.2 Å². The Morgan fingerprint density at radius 1 is 1.14 bits per heavy atom. The highest BCUT2D eigenvalue weighted by Gasteiger charge is 2.16. The van der Waals surface area contributed by atoms with Gasteiger partial charge in [0.2, 0.25) is 0 Å². The van der Waals surface area contributed by atoms with Gasteiger partial charge >= 0.3 is 0 Å². The highest BCUT2D eigenvalue weighted by atomic mass is 35.5. The van der Waals surface area contributed by atoms with Crippen LogP contribution in [0, 0.1) is 0 Å². The van der Waals surface area contributed by atoms with Crippen LogP contribution in [0.4, 0.5) is 0 Å². The number of para-hydroxylation sites is 1. The van der Waals surface area contributed by atoms with E-state index in [9.17, 15) is 0 Å². The number of hydrogen-bond acceptors (Lipinski definition) is 2. The summed E-state index contributed by atoms with van der Waals surface area (Å²) in [5.41, 5.74) is 0.808.